The molecule has 0 spiro atoms. The van der Waals surface area contributed by atoms with Gasteiger partial charge in [0.2, 0.25) is 5.79 Å². The fraction of sp³-hybridized carbons (Fsp3) is 0.611. The van der Waals surface area contributed by atoms with Gasteiger partial charge in [-0.2, -0.15) is 0 Å². The van der Waals surface area contributed by atoms with Gasteiger partial charge in [-0.15, -0.1) is 0 Å². The Morgan fingerprint density at radius 3 is 2.29 bits per heavy atom. The largest absolute Gasteiger partial charge is 0.386 e. The Bertz CT molecular complexity index is 587. The summed E-state index contributed by atoms with van der Waals surface area (Å²) in [5, 5.41) is 10.8. The molecule has 1 aliphatic rings. The number of hydrogen-bond donors (Lipinski definition) is 1. The van der Waals surface area contributed by atoms with E-state index in [9.17, 15) is 14.1 Å². The maximum Gasteiger partial charge on any atom is 0.222 e. The lowest BCUT2D eigenvalue weighted by Gasteiger charge is -2.35. The van der Waals surface area contributed by atoms with Gasteiger partial charge in [-0.1, -0.05) is 37.3 Å². The fourth-order valence-corrected chi connectivity index (χ4v) is 3.54. The van der Waals surface area contributed by atoms with Crippen molar-refractivity contribution in [3.63, 3.8) is 0 Å². The SMILES string of the molecule is C[C@@H](C(=O)C[S@@](=O)C(C)(C)C)[C@@H](O)C1(c2ccccc2)OCCO1. The highest BCUT2D eigenvalue weighted by atomic mass is 32.2. The van der Waals surface area contributed by atoms with Gasteiger partial charge >= 0.3 is 0 Å². The van der Waals surface area contributed by atoms with Crippen molar-refractivity contribution in [1.29, 1.82) is 0 Å². The first-order valence-electron chi connectivity index (χ1n) is 8.11. The first kappa shape index (κ1) is 19.2. The van der Waals surface area contributed by atoms with Gasteiger partial charge in [0.15, 0.2) is 5.78 Å². The highest BCUT2D eigenvalue weighted by Crippen LogP contribution is 2.38. The van der Waals surface area contributed by atoms with Crippen LogP contribution in [0.3, 0.4) is 0 Å². The van der Waals surface area contributed by atoms with Crippen molar-refractivity contribution in [3.05, 3.63) is 35.9 Å². The number of aliphatic hydroxyl groups is 1. The van der Waals surface area contributed by atoms with Crippen molar-refractivity contribution >= 4 is 16.6 Å². The van der Waals surface area contributed by atoms with Gasteiger partial charge in [0, 0.05) is 27.0 Å². The minimum atomic E-state index is -1.35. The van der Waals surface area contributed by atoms with Crippen LogP contribution in [0.5, 0.6) is 0 Å². The number of ether oxygens (including phenoxy) is 2. The van der Waals surface area contributed by atoms with E-state index in [0.29, 0.717) is 18.8 Å². The molecular weight excluding hydrogens is 328 g/mol. The highest BCUT2D eigenvalue weighted by Gasteiger charge is 2.49. The van der Waals surface area contributed by atoms with Crippen LogP contribution >= 0.6 is 0 Å². The average molecular weight is 354 g/mol. The predicted octanol–water partition coefficient (Wildman–Crippen LogP) is 2.00. The van der Waals surface area contributed by atoms with Crippen LogP contribution in [-0.4, -0.2) is 44.9 Å². The van der Waals surface area contributed by atoms with Crippen molar-refractivity contribution < 1.29 is 23.6 Å². The first-order valence-corrected chi connectivity index (χ1v) is 9.43. The van der Waals surface area contributed by atoms with Gasteiger partial charge < -0.3 is 14.6 Å². The van der Waals surface area contributed by atoms with Crippen LogP contribution in [-0.2, 0) is 30.9 Å². The number of Topliss-reactive ketones (excluding diaryl/α,β-unsaturated/α-hetero) is 1. The van der Waals surface area contributed by atoms with Crippen LogP contribution in [0.15, 0.2) is 30.3 Å². The highest BCUT2D eigenvalue weighted by molar-refractivity contribution is 7.87. The molecule has 134 valence electrons. The molecule has 0 radical (unpaired) electrons. The van der Waals surface area contributed by atoms with Crippen molar-refractivity contribution in [3.8, 4) is 0 Å². The Labute approximate surface area is 145 Å². The molecule has 0 aliphatic carbocycles. The van der Waals surface area contributed by atoms with Crippen molar-refractivity contribution in [2.45, 2.75) is 44.3 Å². The van der Waals surface area contributed by atoms with Crippen LogP contribution in [0.1, 0.15) is 33.3 Å². The molecule has 5 nitrogen and oxygen atoms in total. The zero-order valence-corrected chi connectivity index (χ0v) is 15.5. The summed E-state index contributed by atoms with van der Waals surface area (Å²) in [6.07, 6.45) is -1.17. The summed E-state index contributed by atoms with van der Waals surface area (Å²) in [4.78, 5) is 12.5. The van der Waals surface area contributed by atoms with E-state index in [4.69, 9.17) is 9.47 Å². The molecule has 1 saturated heterocycles. The predicted molar refractivity (Wildman–Crippen MR) is 93.0 cm³/mol. The molecule has 1 aromatic carbocycles. The normalized spacial score (nSPS) is 21.2. The molecule has 6 heteroatoms. The third-order valence-electron chi connectivity index (χ3n) is 4.22. The Kier molecular flexibility index (Phi) is 5.96. The quantitative estimate of drug-likeness (QED) is 0.846. The summed E-state index contributed by atoms with van der Waals surface area (Å²) in [7, 11) is -1.31. The summed E-state index contributed by atoms with van der Waals surface area (Å²) in [6.45, 7) is 7.80. The van der Waals surface area contributed by atoms with E-state index in [1.165, 1.54) is 0 Å². The zero-order chi connectivity index (χ0) is 18.0. The monoisotopic (exact) mass is 354 g/mol. The molecule has 24 heavy (non-hydrogen) atoms. The van der Waals surface area contributed by atoms with Crippen LogP contribution in [0.2, 0.25) is 0 Å². The van der Waals surface area contributed by atoms with Gasteiger partial charge in [0.05, 0.1) is 19.0 Å². The van der Waals surface area contributed by atoms with Crippen molar-refractivity contribution in [2.24, 2.45) is 5.92 Å². The lowest BCUT2D eigenvalue weighted by atomic mass is 9.89. The van der Waals surface area contributed by atoms with Gasteiger partial charge in [-0.05, 0) is 20.8 Å². The molecule has 0 amide bonds. The summed E-state index contributed by atoms with van der Waals surface area (Å²) < 4.78 is 23.2. The molecule has 2 rings (SSSR count). The van der Waals surface area contributed by atoms with Gasteiger partial charge in [-0.25, -0.2) is 0 Å². The molecule has 1 heterocycles. The summed E-state index contributed by atoms with van der Waals surface area (Å²) in [5.41, 5.74) is 0.673. The fourth-order valence-electron chi connectivity index (χ4n) is 2.59. The molecule has 1 aliphatic heterocycles. The van der Waals surface area contributed by atoms with Crippen LogP contribution in [0, 0.1) is 5.92 Å². The summed E-state index contributed by atoms with van der Waals surface area (Å²) in [6, 6.07) is 9.13. The second-order valence-electron chi connectivity index (χ2n) is 7.03. The molecule has 1 fully saturated rings. The number of ketones is 1. The Morgan fingerprint density at radius 2 is 1.79 bits per heavy atom. The van der Waals surface area contributed by atoms with Crippen LogP contribution < -0.4 is 0 Å². The lowest BCUT2D eigenvalue weighted by Crippen LogP contribution is -2.47. The van der Waals surface area contributed by atoms with Gasteiger partial charge in [0.1, 0.15) is 6.10 Å². The van der Waals surface area contributed by atoms with E-state index in [1.807, 2.05) is 39.0 Å². The number of hydrogen-bond acceptors (Lipinski definition) is 5. The first-order chi connectivity index (χ1) is 11.2. The standard InChI is InChI=1S/C18H26O5S/c1-13(15(19)12-24(21)17(2,3)4)16(20)18(22-10-11-23-18)14-8-6-5-7-9-14/h5-9,13,16,20H,10-12H2,1-4H3/t13-,16+,24+/m0/s1. The summed E-state index contributed by atoms with van der Waals surface area (Å²) in [5.74, 6) is -2.45. The second kappa shape index (κ2) is 7.44. The Balaban J connectivity index is 2.20. The Hall–Kier alpha value is -1.08. The molecular formula is C18H26O5S. The molecule has 0 bridgehead atoms. The number of rotatable bonds is 6. The maximum atomic E-state index is 12.5. The van der Waals surface area contributed by atoms with E-state index < -0.39 is 33.4 Å². The minimum absolute atomic E-state index is 0.0907. The maximum absolute atomic E-state index is 12.5. The minimum Gasteiger partial charge on any atom is -0.386 e. The third kappa shape index (κ3) is 3.94. The molecule has 1 N–H and O–H groups in total. The van der Waals surface area contributed by atoms with Gasteiger partial charge in [-0.3, -0.25) is 9.00 Å². The smallest absolute Gasteiger partial charge is 0.222 e. The van der Waals surface area contributed by atoms with E-state index in [-0.39, 0.29) is 11.5 Å². The van der Waals surface area contributed by atoms with Crippen molar-refractivity contribution in [1.82, 2.24) is 0 Å². The van der Waals surface area contributed by atoms with Gasteiger partial charge in [0.25, 0.3) is 0 Å². The zero-order valence-electron chi connectivity index (χ0n) is 14.7. The summed E-state index contributed by atoms with van der Waals surface area (Å²) >= 11 is 0. The molecule has 0 unspecified atom stereocenters. The van der Waals surface area contributed by atoms with E-state index >= 15 is 0 Å². The van der Waals surface area contributed by atoms with Crippen molar-refractivity contribution in [2.75, 3.05) is 19.0 Å². The van der Waals surface area contributed by atoms with E-state index in [2.05, 4.69) is 0 Å². The molecule has 3 atom stereocenters. The second-order valence-corrected chi connectivity index (χ2v) is 9.24. The van der Waals surface area contributed by atoms with E-state index in [0.717, 1.165) is 0 Å². The van der Waals surface area contributed by atoms with Crippen LogP contribution in [0.4, 0.5) is 0 Å². The number of benzene rings is 1. The average Bonchev–Trinajstić information content (AvgIpc) is 3.04. The van der Waals surface area contributed by atoms with E-state index in [1.54, 1.807) is 19.1 Å². The Morgan fingerprint density at radius 1 is 1.25 bits per heavy atom. The number of carbonyl (C=O) groups excluding carboxylic acids is 1. The topological polar surface area (TPSA) is 72.8 Å². The number of carbonyl (C=O) groups is 1. The molecule has 0 aromatic heterocycles. The lowest BCUT2D eigenvalue weighted by molar-refractivity contribution is -0.239. The number of aliphatic hydroxyl groups excluding tert-OH is 1. The van der Waals surface area contributed by atoms with Crippen LogP contribution in [0.25, 0.3) is 0 Å². The molecule has 1 aromatic rings. The molecule has 0 saturated carbocycles. The third-order valence-corrected chi connectivity index (χ3v) is 6.13.